The minimum Gasteiger partial charge on any atom is -0.478 e. The van der Waals surface area contributed by atoms with E-state index in [1.54, 1.807) is 16.8 Å². The van der Waals surface area contributed by atoms with Crippen LogP contribution in [0.1, 0.15) is 5.56 Å². The molecule has 0 spiro atoms. The quantitative estimate of drug-likeness (QED) is 0.832. The Hall–Kier alpha value is -1.99. The molecule has 0 bridgehead atoms. The molecule has 2 heterocycles. The minimum atomic E-state index is -4.84. The first-order valence-electron chi connectivity index (χ1n) is 6.31. The molecule has 2 aromatic rings. The van der Waals surface area contributed by atoms with Crippen LogP contribution in [0, 0.1) is 0 Å². The summed E-state index contributed by atoms with van der Waals surface area (Å²) < 4.78 is 44.5. The van der Waals surface area contributed by atoms with Gasteiger partial charge < -0.3 is 9.84 Å². The third-order valence-corrected chi connectivity index (χ3v) is 4.19. The molecule has 3 rings (SSSR count). The van der Waals surface area contributed by atoms with Crippen molar-refractivity contribution in [1.82, 2.24) is 0 Å². The summed E-state index contributed by atoms with van der Waals surface area (Å²) >= 11 is 7.37. The summed E-state index contributed by atoms with van der Waals surface area (Å²) in [6, 6.07) is 4.59. The predicted molar refractivity (Wildman–Crippen MR) is 80.8 cm³/mol. The van der Waals surface area contributed by atoms with Crippen LogP contribution in [0.15, 0.2) is 34.5 Å². The van der Waals surface area contributed by atoms with E-state index in [-0.39, 0.29) is 16.3 Å². The van der Waals surface area contributed by atoms with Crippen LogP contribution in [0.3, 0.4) is 0 Å². The smallest absolute Gasteiger partial charge is 0.430 e. The van der Waals surface area contributed by atoms with Crippen molar-refractivity contribution in [2.45, 2.75) is 12.3 Å². The Labute approximate surface area is 137 Å². The molecule has 0 aliphatic carbocycles. The summed E-state index contributed by atoms with van der Waals surface area (Å²) in [6.45, 7) is 0. The zero-order chi connectivity index (χ0) is 16.8. The molecule has 23 heavy (non-hydrogen) atoms. The number of alkyl halides is 3. The molecule has 120 valence electrons. The van der Waals surface area contributed by atoms with E-state index in [4.69, 9.17) is 21.4 Å². The van der Waals surface area contributed by atoms with Gasteiger partial charge in [0.05, 0.1) is 5.57 Å². The number of thiophene rings is 1. The highest BCUT2D eigenvalue weighted by Crippen LogP contribution is 2.44. The summed E-state index contributed by atoms with van der Waals surface area (Å²) in [5.41, 5.74) is 0.380. The van der Waals surface area contributed by atoms with Gasteiger partial charge in [-0.05, 0) is 40.6 Å². The van der Waals surface area contributed by atoms with Crippen LogP contribution in [0.5, 0.6) is 5.75 Å². The van der Waals surface area contributed by atoms with Gasteiger partial charge in [0, 0.05) is 16.1 Å². The Morgan fingerprint density at radius 3 is 2.65 bits per heavy atom. The molecule has 0 saturated carbocycles. The number of hydrogen-bond donors (Lipinski definition) is 1. The van der Waals surface area contributed by atoms with E-state index in [0.29, 0.717) is 11.1 Å². The fourth-order valence-electron chi connectivity index (χ4n) is 2.33. The first kappa shape index (κ1) is 15.9. The number of carboxylic acid groups (broad SMARTS) is 1. The molecule has 8 heteroatoms. The fraction of sp³-hybridized carbons (Fsp3) is 0.133. The van der Waals surface area contributed by atoms with Gasteiger partial charge in [-0.1, -0.05) is 11.6 Å². The topological polar surface area (TPSA) is 46.5 Å². The van der Waals surface area contributed by atoms with Gasteiger partial charge in [-0.2, -0.15) is 24.5 Å². The third-order valence-electron chi connectivity index (χ3n) is 3.29. The molecule has 0 amide bonds. The van der Waals surface area contributed by atoms with E-state index in [1.165, 1.54) is 23.5 Å². The summed E-state index contributed by atoms with van der Waals surface area (Å²) in [5, 5.41) is 12.8. The molecule has 0 fully saturated rings. The largest absolute Gasteiger partial charge is 0.478 e. The Morgan fingerprint density at radius 1 is 1.35 bits per heavy atom. The SMILES string of the molecule is O=C(O)C1=Cc2cc(Cl)cc(-c3ccsc3)c2OC1C(F)(F)F. The van der Waals surface area contributed by atoms with E-state index in [1.807, 2.05) is 0 Å². The number of ether oxygens (including phenoxy) is 1. The lowest BCUT2D eigenvalue weighted by Crippen LogP contribution is -2.40. The summed E-state index contributed by atoms with van der Waals surface area (Å²) in [5.74, 6) is -1.71. The maximum Gasteiger partial charge on any atom is 0.430 e. The molecule has 0 saturated heterocycles. The number of fused-ring (bicyclic) bond motifs is 1. The molecule has 1 aromatic heterocycles. The van der Waals surface area contributed by atoms with E-state index in [2.05, 4.69) is 0 Å². The normalized spacial score (nSPS) is 17.2. The first-order valence-corrected chi connectivity index (χ1v) is 7.64. The van der Waals surface area contributed by atoms with Gasteiger partial charge in [-0.25, -0.2) is 4.79 Å². The summed E-state index contributed by atoms with van der Waals surface area (Å²) in [7, 11) is 0. The lowest BCUT2D eigenvalue weighted by molar-refractivity contribution is -0.187. The monoisotopic (exact) mass is 360 g/mol. The predicted octanol–water partition coefficient (Wildman–Crippen LogP) is 4.86. The lowest BCUT2D eigenvalue weighted by atomic mass is 9.97. The molecule has 1 aromatic carbocycles. The van der Waals surface area contributed by atoms with Crippen molar-refractivity contribution in [1.29, 1.82) is 0 Å². The molecular weight excluding hydrogens is 353 g/mol. The number of carbonyl (C=O) groups is 1. The van der Waals surface area contributed by atoms with Crippen molar-refractivity contribution < 1.29 is 27.8 Å². The van der Waals surface area contributed by atoms with Crippen LogP contribution in [-0.2, 0) is 4.79 Å². The molecule has 1 aliphatic heterocycles. The highest BCUT2D eigenvalue weighted by molar-refractivity contribution is 7.08. The maximum absolute atomic E-state index is 13.1. The average Bonchev–Trinajstić information content (AvgIpc) is 2.97. The van der Waals surface area contributed by atoms with Gasteiger partial charge in [0.2, 0.25) is 6.10 Å². The fourth-order valence-corrected chi connectivity index (χ4v) is 3.21. The summed E-state index contributed by atoms with van der Waals surface area (Å²) in [6.07, 6.45) is -6.40. The summed E-state index contributed by atoms with van der Waals surface area (Å²) in [4.78, 5) is 11.1. The van der Waals surface area contributed by atoms with Crippen molar-refractivity contribution in [2.24, 2.45) is 0 Å². The molecule has 1 aliphatic rings. The number of carboxylic acids is 1. The minimum absolute atomic E-state index is 0.0277. The molecule has 0 radical (unpaired) electrons. The zero-order valence-corrected chi connectivity index (χ0v) is 12.8. The van der Waals surface area contributed by atoms with Crippen molar-refractivity contribution in [3.63, 3.8) is 0 Å². The van der Waals surface area contributed by atoms with Crippen molar-refractivity contribution in [3.8, 4) is 16.9 Å². The highest BCUT2D eigenvalue weighted by atomic mass is 35.5. The van der Waals surface area contributed by atoms with Gasteiger partial charge in [0.15, 0.2) is 0 Å². The van der Waals surface area contributed by atoms with Crippen LogP contribution in [0.4, 0.5) is 13.2 Å². The Balaban J connectivity index is 2.22. The van der Waals surface area contributed by atoms with Crippen LogP contribution < -0.4 is 4.74 Å². The number of halogens is 4. The second kappa shape index (κ2) is 5.58. The zero-order valence-electron chi connectivity index (χ0n) is 11.2. The number of hydrogen-bond acceptors (Lipinski definition) is 3. The van der Waals surface area contributed by atoms with Gasteiger partial charge in [0.1, 0.15) is 5.75 Å². The van der Waals surface area contributed by atoms with Gasteiger partial charge in [-0.15, -0.1) is 0 Å². The first-order chi connectivity index (χ1) is 10.8. The van der Waals surface area contributed by atoms with E-state index in [0.717, 1.165) is 6.08 Å². The highest BCUT2D eigenvalue weighted by Gasteiger charge is 2.48. The van der Waals surface area contributed by atoms with E-state index >= 15 is 0 Å². The molecule has 3 nitrogen and oxygen atoms in total. The second-order valence-electron chi connectivity index (χ2n) is 4.83. The van der Waals surface area contributed by atoms with Crippen LogP contribution in [0.25, 0.3) is 17.2 Å². The van der Waals surface area contributed by atoms with Gasteiger partial charge in [-0.3, -0.25) is 0 Å². The van der Waals surface area contributed by atoms with Crippen molar-refractivity contribution in [2.75, 3.05) is 0 Å². The Bertz CT molecular complexity index is 797. The average molecular weight is 361 g/mol. The Kier molecular flexibility index (Phi) is 3.85. The Morgan fingerprint density at radius 2 is 2.09 bits per heavy atom. The lowest BCUT2D eigenvalue weighted by Gasteiger charge is -2.28. The second-order valence-corrected chi connectivity index (χ2v) is 6.04. The molecular formula is C15H8ClF3O3S. The third kappa shape index (κ3) is 2.94. The number of benzene rings is 1. The van der Waals surface area contributed by atoms with Crippen LogP contribution >= 0.6 is 22.9 Å². The maximum atomic E-state index is 13.1. The molecule has 1 atom stereocenters. The van der Waals surface area contributed by atoms with Crippen molar-refractivity contribution in [3.05, 3.63) is 45.1 Å². The molecule has 1 N–H and O–H groups in total. The van der Waals surface area contributed by atoms with E-state index < -0.39 is 23.8 Å². The van der Waals surface area contributed by atoms with Crippen LogP contribution in [-0.4, -0.2) is 23.4 Å². The van der Waals surface area contributed by atoms with Crippen LogP contribution in [0.2, 0.25) is 5.02 Å². The van der Waals surface area contributed by atoms with Gasteiger partial charge >= 0.3 is 12.1 Å². The standard InChI is InChI=1S/C15H8ClF3O3S/c16-9-3-8-4-11(14(20)21)13(15(17,18)19)22-12(8)10(5-9)7-1-2-23-6-7/h1-6,13H,(H,20,21). The van der Waals surface area contributed by atoms with Gasteiger partial charge in [0.25, 0.3) is 0 Å². The van der Waals surface area contributed by atoms with E-state index in [9.17, 15) is 18.0 Å². The number of rotatable bonds is 2. The molecule has 1 unspecified atom stereocenters. The van der Waals surface area contributed by atoms with Crippen molar-refractivity contribution >= 4 is 35.0 Å². The number of aliphatic carboxylic acids is 1.